The van der Waals surface area contributed by atoms with Crippen molar-refractivity contribution in [3.05, 3.63) is 65.7 Å². The Balaban J connectivity index is 2.60. The van der Waals surface area contributed by atoms with Gasteiger partial charge in [0.05, 0.1) is 6.04 Å². The molecule has 570 valence electrons. The maximum atomic E-state index is 14.9. The van der Waals surface area contributed by atoms with Crippen LogP contribution in [-0.2, 0) is 54.4 Å². The van der Waals surface area contributed by atoms with E-state index in [2.05, 4.69) is 53.2 Å². The van der Waals surface area contributed by atoms with E-state index in [9.17, 15) is 63.0 Å². The Morgan fingerprint density at radius 3 is 0.931 bits per heavy atom. The normalized spacial score (nSPS) is 14.2. The number of carboxylic acids is 1. The smallest absolute Gasteiger partial charge is 0.326 e. The van der Waals surface area contributed by atoms with Gasteiger partial charge in [0.1, 0.15) is 60.1 Å². The number of hydrogen-bond donors (Lipinski definition) is 20. The molecule has 2 aromatic carbocycles. The maximum absolute atomic E-state index is 14.9. The first-order valence-corrected chi connectivity index (χ1v) is 36.2. The second-order valence-electron chi connectivity index (χ2n) is 26.1. The van der Waals surface area contributed by atoms with Gasteiger partial charge >= 0.3 is 5.97 Å². The molecule has 0 unspecified atom stereocenters. The highest BCUT2D eigenvalue weighted by Crippen LogP contribution is 2.16. The molecule has 0 bridgehead atoms. The van der Waals surface area contributed by atoms with E-state index in [0.717, 1.165) is 0 Å². The molecular formula is C70H122N18O13. The lowest BCUT2D eigenvalue weighted by atomic mass is 10.00. The van der Waals surface area contributed by atoms with E-state index in [0.29, 0.717) is 127 Å². The Hall–Kier alpha value is -7.91. The van der Waals surface area contributed by atoms with Crippen molar-refractivity contribution in [2.75, 3.05) is 52.4 Å². The first-order valence-electron chi connectivity index (χ1n) is 36.2. The van der Waals surface area contributed by atoms with Crippen molar-refractivity contribution in [2.24, 2.45) is 51.8 Å². The molecule has 0 saturated carbocycles. The Bertz CT molecular complexity index is 2770. The predicted molar refractivity (Wildman–Crippen MR) is 387 cm³/mol. The summed E-state index contributed by atoms with van der Waals surface area (Å²) >= 11 is 0. The van der Waals surface area contributed by atoms with E-state index >= 15 is 0 Å². The number of rotatable bonds is 57. The third kappa shape index (κ3) is 37.5. The summed E-state index contributed by atoms with van der Waals surface area (Å²) in [4.78, 5) is 155. The number of carbonyl (C=O) groups excluding carboxylic acids is 10. The minimum Gasteiger partial charge on any atom is -0.508 e. The highest BCUT2D eigenvalue weighted by Gasteiger charge is 2.36. The molecule has 0 spiro atoms. The molecular weight excluding hydrogens is 1300 g/mol. The molecule has 28 N–H and O–H groups in total. The van der Waals surface area contributed by atoms with Gasteiger partial charge in [-0.1, -0.05) is 50.6 Å². The summed E-state index contributed by atoms with van der Waals surface area (Å²) < 4.78 is 0. The number of aliphatic carboxylic acids is 1. The third-order valence-corrected chi connectivity index (χ3v) is 17.0. The topological polar surface area (TPSA) is 557 Å². The Morgan fingerprint density at radius 1 is 0.347 bits per heavy atom. The van der Waals surface area contributed by atoms with E-state index in [-0.39, 0.29) is 121 Å². The summed E-state index contributed by atoms with van der Waals surface area (Å²) in [6.45, 7) is 5.84. The number of amides is 10. The van der Waals surface area contributed by atoms with Crippen molar-refractivity contribution in [3.63, 3.8) is 0 Å². The maximum Gasteiger partial charge on any atom is 0.326 e. The molecule has 31 heteroatoms. The van der Waals surface area contributed by atoms with Crippen molar-refractivity contribution >= 4 is 65.0 Å². The van der Waals surface area contributed by atoms with Gasteiger partial charge in [0.25, 0.3) is 5.91 Å². The number of nitrogens with one attached hydrogen (secondary N) is 10. The summed E-state index contributed by atoms with van der Waals surface area (Å²) in [5.41, 5.74) is 47.9. The SMILES string of the molecule is CC(C)C[C@H](NC(=O)[C@H](CCCCNC(=O)c1ccccc1)NC(=O)[C@H](CCCCN)NC(=O)[C@H](CCCCN)NC(=O)[C@H](CCCCN)NC(=O)[C@H](CCCCN)NC(=O)[C@H](CCCCN)NC(=O)[C@@H](N)CCCCN)C(=O)N[C@@H](CCCCN)C(=O)N[C@@H](Cc1ccc(O)cc1)C(=O)O. The molecule has 101 heavy (non-hydrogen) atoms. The summed E-state index contributed by atoms with van der Waals surface area (Å²) in [6.07, 6.45) is 7.53. The van der Waals surface area contributed by atoms with Gasteiger partial charge in [0.15, 0.2) is 0 Å². The van der Waals surface area contributed by atoms with Gasteiger partial charge < -0.3 is 109 Å². The lowest BCUT2D eigenvalue weighted by Gasteiger charge is -2.29. The monoisotopic (exact) mass is 1420 g/mol. The second-order valence-corrected chi connectivity index (χ2v) is 26.1. The minimum atomic E-state index is -1.43. The number of carboxylic acid groups (broad SMARTS) is 1. The zero-order valence-electron chi connectivity index (χ0n) is 59.6. The molecule has 0 aliphatic heterocycles. The number of aromatic hydroxyl groups is 1. The van der Waals surface area contributed by atoms with Gasteiger partial charge in [0, 0.05) is 18.5 Å². The van der Waals surface area contributed by atoms with Crippen LogP contribution in [0.4, 0.5) is 0 Å². The zero-order valence-corrected chi connectivity index (χ0v) is 59.6. The quantitative estimate of drug-likeness (QED) is 0.0363. The predicted octanol–water partition coefficient (Wildman–Crippen LogP) is -0.741. The number of carbonyl (C=O) groups is 11. The molecule has 0 heterocycles. The van der Waals surface area contributed by atoms with E-state index in [1.54, 1.807) is 30.3 Å². The summed E-state index contributed by atoms with van der Waals surface area (Å²) in [5.74, 6) is -8.60. The van der Waals surface area contributed by atoms with Crippen LogP contribution in [0, 0.1) is 5.92 Å². The fourth-order valence-corrected chi connectivity index (χ4v) is 11.1. The molecule has 2 rings (SSSR count). The van der Waals surface area contributed by atoms with E-state index in [4.69, 9.17) is 45.9 Å². The van der Waals surface area contributed by atoms with E-state index < -0.39 is 120 Å². The van der Waals surface area contributed by atoms with E-state index in [1.807, 2.05) is 13.8 Å². The van der Waals surface area contributed by atoms with Crippen molar-refractivity contribution in [1.29, 1.82) is 0 Å². The van der Waals surface area contributed by atoms with E-state index in [1.165, 1.54) is 24.3 Å². The van der Waals surface area contributed by atoms with Crippen LogP contribution < -0.4 is 99.0 Å². The molecule has 0 fully saturated rings. The first-order chi connectivity index (χ1) is 48.5. The summed E-state index contributed by atoms with van der Waals surface area (Å²) in [5, 5.41) is 47.6. The molecule has 0 saturated heterocycles. The van der Waals surface area contributed by atoms with Crippen LogP contribution >= 0.6 is 0 Å². The van der Waals surface area contributed by atoms with Crippen LogP contribution in [0.3, 0.4) is 0 Å². The Kier molecular flexibility index (Phi) is 46.8. The number of phenols is 1. The fourth-order valence-electron chi connectivity index (χ4n) is 11.1. The standard InChI is InChI=1S/C70H122N18O13/c1-46(2)44-58(69(99)86-56(30-12-20-42-77)68(98)88-59(70(100)101)45-47-32-34-49(89)35-33-47)87-67(97)57(31-13-21-43-79-60(90)48-22-4-3-5-23-48)85-66(96)55(29-11-19-41-76)84-65(95)54(28-10-18-40-75)83-64(94)53(27-9-17-39-74)82-63(93)52(26-8-16-38-73)81-62(92)51(25-7-15-37-72)80-61(91)50(78)24-6-14-36-71/h3-5,22-23,32-35,46,50-59,89H,6-21,24-31,36-45,71-78H2,1-2H3,(H,79,90)(H,80,91)(H,81,92)(H,82,93)(H,83,94)(H,84,95)(H,85,96)(H,86,99)(H,87,97)(H,88,98)(H,100,101)/t50-,51-,52-,53-,54-,55-,56-,57-,58-,59-/m0/s1. The number of nitrogens with two attached hydrogens (primary N) is 8. The molecule has 10 amide bonds. The van der Waals surface area contributed by atoms with Crippen molar-refractivity contribution in [1.82, 2.24) is 53.2 Å². The van der Waals surface area contributed by atoms with Crippen LogP contribution in [0.25, 0.3) is 0 Å². The number of unbranched alkanes of at least 4 members (excludes halogenated alkanes) is 8. The molecule has 2 aromatic rings. The van der Waals surface area contributed by atoms with Crippen LogP contribution in [0.1, 0.15) is 190 Å². The molecule has 0 aliphatic rings. The largest absolute Gasteiger partial charge is 0.508 e. The number of hydrogen-bond acceptors (Lipinski definition) is 20. The fraction of sp³-hybridized carbons (Fsp3) is 0.671. The summed E-state index contributed by atoms with van der Waals surface area (Å²) in [7, 11) is 0. The van der Waals surface area contributed by atoms with Crippen LogP contribution in [-0.4, -0.2) is 188 Å². The number of benzene rings is 2. The van der Waals surface area contributed by atoms with Crippen molar-refractivity contribution in [2.45, 2.75) is 241 Å². The second kappa shape index (κ2) is 53.0. The third-order valence-electron chi connectivity index (χ3n) is 17.0. The zero-order chi connectivity index (χ0) is 74.9. The van der Waals surface area contributed by atoms with Crippen LogP contribution in [0.2, 0.25) is 0 Å². The molecule has 31 nitrogen and oxygen atoms in total. The molecule has 0 aliphatic carbocycles. The molecule has 10 atom stereocenters. The molecule has 0 aromatic heterocycles. The molecule has 0 radical (unpaired) electrons. The average molecular weight is 1420 g/mol. The lowest BCUT2D eigenvalue weighted by molar-refractivity contribution is -0.142. The number of phenolic OH excluding ortho intramolecular Hbond substituents is 1. The summed E-state index contributed by atoms with van der Waals surface area (Å²) in [6, 6.07) is 1.78. The highest BCUT2D eigenvalue weighted by molar-refractivity contribution is 5.99. The minimum absolute atomic E-state index is 0.00987. The van der Waals surface area contributed by atoms with Gasteiger partial charge in [-0.3, -0.25) is 47.9 Å². The highest BCUT2D eigenvalue weighted by atomic mass is 16.4. The average Bonchev–Trinajstić information content (AvgIpc) is 0.881. The van der Waals surface area contributed by atoms with Gasteiger partial charge in [-0.05, 0) is 236 Å². The van der Waals surface area contributed by atoms with Gasteiger partial charge in [-0.2, -0.15) is 0 Å². The van der Waals surface area contributed by atoms with Crippen LogP contribution in [0.5, 0.6) is 5.75 Å². The first kappa shape index (κ1) is 89.2. The van der Waals surface area contributed by atoms with Crippen LogP contribution in [0.15, 0.2) is 54.6 Å². The Labute approximate surface area is 595 Å². The van der Waals surface area contributed by atoms with Crippen molar-refractivity contribution in [3.8, 4) is 5.75 Å². The van der Waals surface area contributed by atoms with Gasteiger partial charge in [0.2, 0.25) is 53.2 Å². The van der Waals surface area contributed by atoms with Gasteiger partial charge in [-0.25, -0.2) is 4.79 Å². The lowest BCUT2D eigenvalue weighted by Crippen LogP contribution is -2.60. The van der Waals surface area contributed by atoms with Gasteiger partial charge in [-0.15, -0.1) is 0 Å². The van der Waals surface area contributed by atoms with Crippen molar-refractivity contribution < 1.29 is 63.0 Å². The Morgan fingerprint density at radius 2 is 0.624 bits per heavy atom.